The highest BCUT2D eigenvalue weighted by molar-refractivity contribution is 7.16. The van der Waals surface area contributed by atoms with Crippen LogP contribution in [0, 0.1) is 12.7 Å². The molecule has 0 saturated heterocycles. The molecule has 0 fully saturated rings. The summed E-state index contributed by atoms with van der Waals surface area (Å²) in [5.74, 6) is -0.275. The number of fused-ring (bicyclic) bond motifs is 1. The lowest BCUT2D eigenvalue weighted by molar-refractivity contribution is 0.628. The third-order valence-electron chi connectivity index (χ3n) is 4.45. The Morgan fingerprint density at radius 2 is 1.81 bits per heavy atom. The van der Waals surface area contributed by atoms with Crippen LogP contribution in [0.4, 0.5) is 9.52 Å². The zero-order chi connectivity index (χ0) is 21.4. The van der Waals surface area contributed by atoms with Gasteiger partial charge >= 0.3 is 0 Å². The van der Waals surface area contributed by atoms with Gasteiger partial charge in [-0.05, 0) is 43.3 Å². The van der Waals surface area contributed by atoms with Crippen molar-refractivity contribution in [2.75, 3.05) is 5.43 Å². The number of hydrogen-bond acceptors (Lipinski definition) is 7. The molecule has 6 nitrogen and oxygen atoms in total. The van der Waals surface area contributed by atoms with Gasteiger partial charge in [-0.2, -0.15) is 10.2 Å². The van der Waals surface area contributed by atoms with Gasteiger partial charge < -0.3 is 0 Å². The number of aromatic nitrogens is 4. The Morgan fingerprint density at radius 3 is 2.58 bits per heavy atom. The van der Waals surface area contributed by atoms with E-state index in [0.29, 0.717) is 10.2 Å². The molecule has 0 aliphatic rings. The molecule has 0 aliphatic carbocycles. The van der Waals surface area contributed by atoms with Crippen LogP contribution in [-0.2, 0) is 0 Å². The van der Waals surface area contributed by atoms with Crippen molar-refractivity contribution in [3.63, 3.8) is 0 Å². The highest BCUT2D eigenvalue weighted by atomic mass is 35.5. The third-order valence-corrected chi connectivity index (χ3v) is 6.27. The normalized spacial score (nSPS) is 11.6. The van der Waals surface area contributed by atoms with Gasteiger partial charge in [-0.15, -0.1) is 11.3 Å². The molecule has 0 unspecified atom stereocenters. The van der Waals surface area contributed by atoms with E-state index in [1.165, 1.54) is 34.8 Å². The van der Waals surface area contributed by atoms with E-state index in [1.54, 1.807) is 22.9 Å². The topological polar surface area (TPSA) is 67.5 Å². The first-order chi connectivity index (χ1) is 15.1. The first-order valence-corrected chi connectivity index (χ1v) is 11.3. The fourth-order valence-electron chi connectivity index (χ4n) is 3.02. The van der Waals surface area contributed by atoms with Crippen molar-refractivity contribution in [3.05, 3.63) is 75.5 Å². The van der Waals surface area contributed by atoms with Crippen LogP contribution in [0.3, 0.4) is 0 Å². The number of hydrogen-bond donors (Lipinski definition) is 1. The van der Waals surface area contributed by atoms with Crippen LogP contribution < -0.4 is 5.43 Å². The van der Waals surface area contributed by atoms with Gasteiger partial charge in [-0.3, -0.25) is 5.43 Å². The Hall–Kier alpha value is -3.14. The lowest BCUT2D eigenvalue weighted by atomic mass is 10.1. The summed E-state index contributed by atoms with van der Waals surface area (Å²) in [6.45, 7) is 1.94. The first kappa shape index (κ1) is 19.8. The number of anilines is 1. The van der Waals surface area contributed by atoms with E-state index in [1.807, 2.05) is 36.6 Å². The zero-order valence-corrected chi connectivity index (χ0v) is 18.5. The van der Waals surface area contributed by atoms with Crippen LogP contribution in [-0.4, -0.2) is 25.8 Å². The highest BCUT2D eigenvalue weighted by Gasteiger charge is 2.16. The number of imidazole rings is 1. The maximum atomic E-state index is 13.1. The molecule has 0 saturated carbocycles. The molecule has 0 spiro atoms. The molecular formula is C21H14ClFN6S2. The molecule has 0 radical (unpaired) electrons. The van der Waals surface area contributed by atoms with E-state index in [0.717, 1.165) is 38.2 Å². The number of thiazole rings is 1. The van der Waals surface area contributed by atoms with E-state index in [4.69, 9.17) is 16.6 Å². The average Bonchev–Trinajstić information content (AvgIpc) is 3.45. The summed E-state index contributed by atoms with van der Waals surface area (Å²) in [5.41, 5.74) is 7.01. The number of nitrogens with one attached hydrogen (secondary N) is 1. The Kier molecular flexibility index (Phi) is 5.23. The molecule has 3 aromatic heterocycles. The summed E-state index contributed by atoms with van der Waals surface area (Å²) in [7, 11) is 0. The summed E-state index contributed by atoms with van der Waals surface area (Å²) < 4.78 is 14.9. The highest BCUT2D eigenvalue weighted by Crippen LogP contribution is 2.28. The molecule has 154 valence electrons. The zero-order valence-electron chi connectivity index (χ0n) is 16.1. The van der Waals surface area contributed by atoms with Gasteiger partial charge in [0.2, 0.25) is 10.1 Å². The van der Waals surface area contributed by atoms with Gasteiger partial charge in [0, 0.05) is 21.5 Å². The van der Waals surface area contributed by atoms with Crippen LogP contribution in [0.1, 0.15) is 10.7 Å². The third kappa shape index (κ3) is 4.07. The van der Waals surface area contributed by atoms with E-state index < -0.39 is 0 Å². The molecule has 3 heterocycles. The van der Waals surface area contributed by atoms with E-state index in [9.17, 15) is 4.39 Å². The Bertz CT molecular complexity index is 1390. The van der Waals surface area contributed by atoms with Gasteiger partial charge in [-0.1, -0.05) is 35.1 Å². The molecule has 1 N–H and O–H groups in total. The first-order valence-electron chi connectivity index (χ1n) is 9.19. The van der Waals surface area contributed by atoms with Crippen LogP contribution in [0.25, 0.3) is 27.5 Å². The predicted molar refractivity (Wildman–Crippen MR) is 125 cm³/mol. The fourth-order valence-corrected chi connectivity index (χ4v) is 4.57. The van der Waals surface area contributed by atoms with Gasteiger partial charge in [0.1, 0.15) is 22.2 Å². The molecule has 5 rings (SSSR count). The smallest absolute Gasteiger partial charge is 0.213 e. The second-order valence-corrected chi connectivity index (χ2v) is 9.04. The fraction of sp³-hybridized carbons (Fsp3) is 0.0476. The Labute approximate surface area is 189 Å². The second-order valence-electron chi connectivity index (χ2n) is 6.58. The van der Waals surface area contributed by atoms with Crippen molar-refractivity contribution in [1.29, 1.82) is 0 Å². The van der Waals surface area contributed by atoms with E-state index in [2.05, 4.69) is 20.6 Å². The minimum atomic E-state index is -0.275. The summed E-state index contributed by atoms with van der Waals surface area (Å²) in [6.07, 6.45) is 1.68. The summed E-state index contributed by atoms with van der Waals surface area (Å²) >= 11 is 8.95. The van der Waals surface area contributed by atoms with Crippen molar-refractivity contribution in [1.82, 2.24) is 19.6 Å². The minimum absolute atomic E-state index is 0.275. The van der Waals surface area contributed by atoms with Gasteiger partial charge in [-0.25, -0.2) is 18.9 Å². The minimum Gasteiger partial charge on any atom is -0.253 e. The number of hydrazone groups is 1. The number of rotatable bonds is 5. The number of halogens is 2. The van der Waals surface area contributed by atoms with Gasteiger partial charge in [0.15, 0.2) is 0 Å². The Balaban J connectivity index is 1.43. The molecule has 0 amide bonds. The lowest BCUT2D eigenvalue weighted by Gasteiger charge is -2.00. The van der Waals surface area contributed by atoms with Crippen molar-refractivity contribution in [2.45, 2.75) is 6.92 Å². The molecular weight excluding hydrogens is 455 g/mol. The molecule has 0 atom stereocenters. The molecule has 10 heteroatoms. The van der Waals surface area contributed by atoms with Crippen LogP contribution in [0.15, 0.2) is 59.0 Å². The maximum Gasteiger partial charge on any atom is 0.213 e. The van der Waals surface area contributed by atoms with Crippen LogP contribution in [0.5, 0.6) is 0 Å². The molecule has 2 aromatic carbocycles. The summed E-state index contributed by atoms with van der Waals surface area (Å²) in [4.78, 5) is 10.0. The van der Waals surface area contributed by atoms with E-state index >= 15 is 0 Å². The number of aryl methyl sites for hydroxylation is 1. The molecule has 31 heavy (non-hydrogen) atoms. The molecule has 0 bridgehead atoms. The van der Waals surface area contributed by atoms with Gasteiger partial charge in [0.25, 0.3) is 0 Å². The standard InChI is InChI=1S/C21H14ClFN6S2/c1-12-28-29-18(19(26-21(29)31-12)14-2-6-15(22)7-3-14)10-24-27-20-25-17(11-30-20)13-4-8-16(23)9-5-13/h2-11H,1H3,(H,25,27)/b24-10+. The summed E-state index contributed by atoms with van der Waals surface area (Å²) in [5, 5.41) is 13.0. The predicted octanol–water partition coefficient (Wildman–Crippen LogP) is 6.13. The summed E-state index contributed by atoms with van der Waals surface area (Å²) in [6, 6.07) is 13.7. The molecule has 0 aliphatic heterocycles. The number of benzene rings is 2. The Morgan fingerprint density at radius 1 is 1.06 bits per heavy atom. The largest absolute Gasteiger partial charge is 0.253 e. The van der Waals surface area contributed by atoms with Crippen molar-refractivity contribution < 1.29 is 4.39 Å². The van der Waals surface area contributed by atoms with Crippen molar-refractivity contribution in [3.8, 4) is 22.5 Å². The lowest BCUT2D eigenvalue weighted by Crippen LogP contribution is -1.97. The second kappa shape index (κ2) is 8.18. The van der Waals surface area contributed by atoms with Gasteiger partial charge in [0.05, 0.1) is 11.9 Å². The van der Waals surface area contributed by atoms with Crippen LogP contribution >= 0.6 is 34.3 Å². The monoisotopic (exact) mass is 468 g/mol. The van der Waals surface area contributed by atoms with Crippen LogP contribution in [0.2, 0.25) is 5.02 Å². The number of nitrogens with zero attached hydrogens (tertiary/aromatic N) is 5. The SMILES string of the molecule is Cc1nn2c(/C=N/Nc3nc(-c4ccc(F)cc4)cs3)c(-c3ccc(Cl)cc3)nc2s1. The quantitative estimate of drug-likeness (QED) is 0.249. The molecule has 5 aromatic rings. The van der Waals surface area contributed by atoms with E-state index in [-0.39, 0.29) is 5.82 Å². The maximum absolute atomic E-state index is 13.1. The van der Waals surface area contributed by atoms with Crippen molar-refractivity contribution >= 4 is 50.6 Å². The van der Waals surface area contributed by atoms with Crippen molar-refractivity contribution in [2.24, 2.45) is 5.10 Å². The average molecular weight is 469 g/mol.